The molecule has 1 atom stereocenters. The second-order valence-corrected chi connectivity index (χ2v) is 8.62. The molecule has 5 nitrogen and oxygen atoms in total. The Kier molecular flexibility index (Phi) is 5.87. The highest BCUT2D eigenvalue weighted by Crippen LogP contribution is 2.41. The number of anilines is 1. The summed E-state index contributed by atoms with van der Waals surface area (Å²) >= 11 is 4.67. The molecule has 2 heterocycles. The molecule has 2 aromatic rings. The van der Waals surface area contributed by atoms with Crippen molar-refractivity contribution in [2.45, 2.75) is 52.6 Å². The maximum absolute atomic E-state index is 12.7. The largest absolute Gasteiger partial charge is 0.459 e. The summed E-state index contributed by atoms with van der Waals surface area (Å²) in [5.74, 6) is 0.0702. The number of carbonyl (C=O) groups is 2. The summed E-state index contributed by atoms with van der Waals surface area (Å²) in [5.41, 5.74) is 1.54. The lowest BCUT2D eigenvalue weighted by molar-refractivity contribution is 0.0378. The van der Waals surface area contributed by atoms with Crippen LogP contribution in [0.25, 0.3) is 0 Å². The minimum absolute atomic E-state index is 0.192. The number of esters is 1. The number of thiophene rings is 1. The van der Waals surface area contributed by atoms with Crippen molar-refractivity contribution in [2.75, 3.05) is 5.32 Å². The molecule has 0 aliphatic heterocycles. The maximum atomic E-state index is 12.7. The Hall–Kier alpha value is -1.60. The van der Waals surface area contributed by atoms with Gasteiger partial charge in [0.05, 0.1) is 11.7 Å². The van der Waals surface area contributed by atoms with E-state index in [9.17, 15) is 9.59 Å². The van der Waals surface area contributed by atoms with Crippen LogP contribution in [0, 0.1) is 5.92 Å². The van der Waals surface area contributed by atoms with Crippen molar-refractivity contribution in [2.24, 2.45) is 5.92 Å². The summed E-state index contributed by atoms with van der Waals surface area (Å²) in [6.45, 7) is 5.83. The zero-order valence-corrected chi connectivity index (χ0v) is 17.5. The maximum Gasteiger partial charge on any atom is 0.341 e. The first-order chi connectivity index (χ1) is 12.4. The average Bonchev–Trinajstić information content (AvgIpc) is 3.16. The van der Waals surface area contributed by atoms with Gasteiger partial charge in [-0.15, -0.1) is 11.3 Å². The first-order valence-corrected chi connectivity index (χ1v) is 10.4. The molecule has 0 saturated heterocycles. The number of amides is 1. The predicted octanol–water partition coefficient (Wildman–Crippen LogP) is 5.44. The van der Waals surface area contributed by atoms with E-state index in [1.54, 1.807) is 12.1 Å². The summed E-state index contributed by atoms with van der Waals surface area (Å²) in [5, 5.41) is 3.40. The van der Waals surface area contributed by atoms with E-state index in [1.165, 1.54) is 16.2 Å². The van der Waals surface area contributed by atoms with Gasteiger partial charge in [-0.1, -0.05) is 13.3 Å². The first-order valence-electron chi connectivity index (χ1n) is 8.81. The Labute approximate surface area is 165 Å². The summed E-state index contributed by atoms with van der Waals surface area (Å²) < 4.78 is 11.2. The molecule has 3 rings (SSSR count). The monoisotopic (exact) mass is 439 g/mol. The third-order valence-corrected chi connectivity index (χ3v) is 6.11. The molecule has 26 heavy (non-hydrogen) atoms. The van der Waals surface area contributed by atoms with Crippen molar-refractivity contribution in [3.05, 3.63) is 38.6 Å². The molecule has 0 aromatic carbocycles. The van der Waals surface area contributed by atoms with Crippen LogP contribution in [0.5, 0.6) is 0 Å². The van der Waals surface area contributed by atoms with E-state index in [0.29, 0.717) is 21.2 Å². The van der Waals surface area contributed by atoms with Crippen LogP contribution in [0.3, 0.4) is 0 Å². The number of halogens is 1. The second-order valence-electron chi connectivity index (χ2n) is 6.74. The number of hydrogen-bond acceptors (Lipinski definition) is 5. The molecule has 1 aliphatic carbocycles. The van der Waals surface area contributed by atoms with E-state index >= 15 is 0 Å². The number of rotatable bonds is 5. The minimum atomic E-state index is -0.375. The Morgan fingerprint density at radius 2 is 2.19 bits per heavy atom. The number of fused-ring (bicyclic) bond motifs is 1. The van der Waals surface area contributed by atoms with Crippen LogP contribution in [0.2, 0.25) is 0 Å². The van der Waals surface area contributed by atoms with Crippen LogP contribution < -0.4 is 5.32 Å². The summed E-state index contributed by atoms with van der Waals surface area (Å²) in [6.07, 6.45) is 3.75. The van der Waals surface area contributed by atoms with Gasteiger partial charge in [0.15, 0.2) is 10.4 Å². The summed E-state index contributed by atoms with van der Waals surface area (Å²) in [6, 6.07) is 3.25. The van der Waals surface area contributed by atoms with Crippen LogP contribution in [0.4, 0.5) is 5.00 Å². The van der Waals surface area contributed by atoms with E-state index in [2.05, 4.69) is 28.2 Å². The Balaban J connectivity index is 1.93. The van der Waals surface area contributed by atoms with Crippen molar-refractivity contribution in [1.29, 1.82) is 0 Å². The van der Waals surface area contributed by atoms with Gasteiger partial charge in [-0.2, -0.15) is 0 Å². The fraction of sp³-hybridized carbons (Fsp3) is 0.474. The number of furan rings is 1. The minimum Gasteiger partial charge on any atom is -0.459 e. The van der Waals surface area contributed by atoms with Crippen LogP contribution in [0.15, 0.2) is 21.2 Å². The number of hydrogen-bond donors (Lipinski definition) is 1. The number of ether oxygens (including phenoxy) is 1. The van der Waals surface area contributed by atoms with Gasteiger partial charge in [0, 0.05) is 4.88 Å². The van der Waals surface area contributed by atoms with Crippen molar-refractivity contribution in [3.63, 3.8) is 0 Å². The highest BCUT2D eigenvalue weighted by Gasteiger charge is 2.30. The highest BCUT2D eigenvalue weighted by molar-refractivity contribution is 9.10. The van der Waals surface area contributed by atoms with Gasteiger partial charge in [-0.25, -0.2) is 4.79 Å². The molecule has 1 aliphatic rings. The fourth-order valence-electron chi connectivity index (χ4n) is 3.18. The van der Waals surface area contributed by atoms with Gasteiger partial charge in [0.25, 0.3) is 5.91 Å². The lowest BCUT2D eigenvalue weighted by Gasteiger charge is -2.21. The molecule has 2 aromatic heterocycles. The van der Waals surface area contributed by atoms with Gasteiger partial charge < -0.3 is 14.5 Å². The summed E-state index contributed by atoms with van der Waals surface area (Å²) in [7, 11) is 0. The molecule has 0 radical (unpaired) electrons. The van der Waals surface area contributed by atoms with Gasteiger partial charge in [0.2, 0.25) is 0 Å². The molecule has 0 fully saturated rings. The predicted molar refractivity (Wildman–Crippen MR) is 105 cm³/mol. The van der Waals surface area contributed by atoms with Crippen molar-refractivity contribution in [3.8, 4) is 0 Å². The van der Waals surface area contributed by atoms with Crippen LogP contribution in [-0.2, 0) is 17.6 Å². The normalized spacial score (nSPS) is 16.4. The van der Waals surface area contributed by atoms with Crippen molar-refractivity contribution < 1.29 is 18.7 Å². The van der Waals surface area contributed by atoms with E-state index in [0.717, 1.165) is 31.2 Å². The van der Waals surface area contributed by atoms with Gasteiger partial charge in [-0.3, -0.25) is 4.79 Å². The fourth-order valence-corrected chi connectivity index (χ4v) is 4.83. The molecule has 0 saturated carbocycles. The first kappa shape index (κ1) is 19.2. The quantitative estimate of drug-likeness (QED) is 0.629. The smallest absolute Gasteiger partial charge is 0.341 e. The van der Waals surface area contributed by atoms with Crippen molar-refractivity contribution >= 4 is 44.1 Å². The highest BCUT2D eigenvalue weighted by atomic mass is 79.9. The van der Waals surface area contributed by atoms with E-state index < -0.39 is 0 Å². The molecule has 7 heteroatoms. The topological polar surface area (TPSA) is 68.5 Å². The van der Waals surface area contributed by atoms with Crippen LogP contribution in [-0.4, -0.2) is 18.0 Å². The van der Waals surface area contributed by atoms with Crippen LogP contribution >= 0.6 is 27.3 Å². The molecular weight excluding hydrogens is 418 g/mol. The lowest BCUT2D eigenvalue weighted by Crippen LogP contribution is -2.18. The Morgan fingerprint density at radius 3 is 2.81 bits per heavy atom. The Bertz CT molecular complexity index is 824. The average molecular weight is 440 g/mol. The van der Waals surface area contributed by atoms with E-state index in [-0.39, 0.29) is 23.7 Å². The molecule has 0 spiro atoms. The molecule has 0 bridgehead atoms. The number of nitrogens with one attached hydrogen (secondary N) is 1. The second kappa shape index (κ2) is 7.96. The molecule has 1 unspecified atom stereocenters. The van der Waals surface area contributed by atoms with Gasteiger partial charge >= 0.3 is 5.97 Å². The van der Waals surface area contributed by atoms with Crippen LogP contribution in [0.1, 0.15) is 65.0 Å². The van der Waals surface area contributed by atoms with E-state index in [1.807, 2.05) is 13.8 Å². The zero-order valence-electron chi connectivity index (χ0n) is 15.1. The van der Waals surface area contributed by atoms with Gasteiger partial charge in [0.1, 0.15) is 5.00 Å². The molecular formula is C19H22BrNO4S. The third kappa shape index (κ3) is 4.04. The van der Waals surface area contributed by atoms with E-state index in [4.69, 9.17) is 9.15 Å². The SMILES string of the molecule is CCC1CCc2c(sc(NC(=O)c3ccc(Br)o3)c2C(=O)OC(C)C)C1. The lowest BCUT2D eigenvalue weighted by atomic mass is 9.85. The van der Waals surface area contributed by atoms with Gasteiger partial charge in [-0.05, 0) is 72.7 Å². The summed E-state index contributed by atoms with van der Waals surface area (Å²) in [4.78, 5) is 26.3. The van der Waals surface area contributed by atoms with Crippen molar-refractivity contribution in [1.82, 2.24) is 0 Å². The zero-order chi connectivity index (χ0) is 18.8. The number of carbonyl (C=O) groups excluding carboxylic acids is 2. The Morgan fingerprint density at radius 1 is 1.42 bits per heavy atom. The third-order valence-electron chi connectivity index (χ3n) is 4.52. The molecule has 1 amide bonds. The standard InChI is InChI=1S/C19H22BrNO4S/c1-4-11-5-6-12-14(9-11)26-18(16(12)19(23)24-10(2)3)21-17(22)13-7-8-15(20)25-13/h7-8,10-11H,4-6,9H2,1-3H3,(H,21,22). The molecule has 140 valence electrons. The molecule has 1 N–H and O–H groups in total.